The molecule has 1 N–H and O–H groups in total. The fourth-order valence-electron chi connectivity index (χ4n) is 1.57. The van der Waals surface area contributed by atoms with Crippen LogP contribution in [0.5, 0.6) is 0 Å². The zero-order valence-corrected chi connectivity index (χ0v) is 9.14. The van der Waals surface area contributed by atoms with E-state index < -0.39 is 11.6 Å². The molecule has 0 radical (unpaired) electrons. The molecule has 7 heteroatoms. The van der Waals surface area contributed by atoms with E-state index in [0.717, 1.165) is 12.1 Å². The van der Waals surface area contributed by atoms with Crippen molar-refractivity contribution in [2.45, 2.75) is 6.54 Å². The summed E-state index contributed by atoms with van der Waals surface area (Å²) in [7, 11) is 0. The van der Waals surface area contributed by atoms with Crippen molar-refractivity contribution in [3.05, 3.63) is 35.5 Å². The molecule has 92 valence electrons. The monoisotopic (exact) mass is 250 g/mol. The van der Waals surface area contributed by atoms with E-state index in [9.17, 15) is 8.78 Å². The SMILES string of the molecule is N#Cc1nnn(CCO)c1-c1ccc(F)c(F)c1. The molecule has 0 saturated carbocycles. The molecule has 2 rings (SSSR count). The topological polar surface area (TPSA) is 74.7 Å². The molecule has 0 saturated heterocycles. The van der Waals surface area contributed by atoms with Crippen LogP contribution in [0.25, 0.3) is 11.3 Å². The van der Waals surface area contributed by atoms with Gasteiger partial charge in [0, 0.05) is 5.56 Å². The Labute approximate surface area is 101 Å². The van der Waals surface area contributed by atoms with Gasteiger partial charge in [-0.05, 0) is 18.2 Å². The van der Waals surface area contributed by atoms with Gasteiger partial charge >= 0.3 is 0 Å². The lowest BCUT2D eigenvalue weighted by atomic mass is 10.1. The molecule has 0 spiro atoms. The molecule has 5 nitrogen and oxygen atoms in total. The quantitative estimate of drug-likeness (QED) is 0.884. The van der Waals surface area contributed by atoms with E-state index in [-0.39, 0.29) is 30.1 Å². The number of nitriles is 1. The molecular weight excluding hydrogens is 242 g/mol. The highest BCUT2D eigenvalue weighted by Crippen LogP contribution is 2.23. The highest BCUT2D eigenvalue weighted by molar-refractivity contribution is 5.64. The Balaban J connectivity index is 2.58. The van der Waals surface area contributed by atoms with Gasteiger partial charge in [0.2, 0.25) is 0 Å². The van der Waals surface area contributed by atoms with Crippen molar-refractivity contribution in [1.82, 2.24) is 15.0 Å². The largest absolute Gasteiger partial charge is 0.394 e. The average Bonchev–Trinajstić information content (AvgIpc) is 2.76. The summed E-state index contributed by atoms with van der Waals surface area (Å²) >= 11 is 0. The van der Waals surface area contributed by atoms with Crippen LogP contribution in [0.1, 0.15) is 5.69 Å². The highest BCUT2D eigenvalue weighted by atomic mass is 19.2. The summed E-state index contributed by atoms with van der Waals surface area (Å²) in [4.78, 5) is 0. The molecule has 0 fully saturated rings. The molecule has 2 aromatic rings. The first kappa shape index (κ1) is 12.1. The number of nitrogens with zero attached hydrogens (tertiary/aromatic N) is 4. The minimum absolute atomic E-state index is 0.00513. The molecule has 18 heavy (non-hydrogen) atoms. The first-order valence-electron chi connectivity index (χ1n) is 5.07. The van der Waals surface area contributed by atoms with E-state index >= 15 is 0 Å². The summed E-state index contributed by atoms with van der Waals surface area (Å²) in [6.45, 7) is -0.0894. The fraction of sp³-hybridized carbons (Fsp3) is 0.182. The van der Waals surface area contributed by atoms with Crippen LogP contribution in [-0.4, -0.2) is 26.7 Å². The van der Waals surface area contributed by atoms with E-state index in [2.05, 4.69) is 10.3 Å². The summed E-state index contributed by atoms with van der Waals surface area (Å²) in [5.74, 6) is -1.99. The third kappa shape index (κ3) is 2.06. The number of aliphatic hydroxyl groups excluding tert-OH is 1. The molecular formula is C11H8F2N4O. The van der Waals surface area contributed by atoms with E-state index in [1.807, 2.05) is 6.07 Å². The van der Waals surface area contributed by atoms with Gasteiger partial charge < -0.3 is 5.11 Å². The average molecular weight is 250 g/mol. The van der Waals surface area contributed by atoms with Gasteiger partial charge in [0.1, 0.15) is 11.8 Å². The molecule has 0 aliphatic carbocycles. The van der Waals surface area contributed by atoms with Gasteiger partial charge in [-0.3, -0.25) is 0 Å². The van der Waals surface area contributed by atoms with Crippen LogP contribution in [0.3, 0.4) is 0 Å². The summed E-state index contributed by atoms with van der Waals surface area (Å²) in [5.41, 5.74) is 0.531. The third-order valence-electron chi connectivity index (χ3n) is 2.35. The Morgan fingerprint density at radius 2 is 2.11 bits per heavy atom. The Kier molecular flexibility index (Phi) is 3.30. The predicted molar refractivity (Wildman–Crippen MR) is 57.2 cm³/mol. The summed E-state index contributed by atoms with van der Waals surface area (Å²) in [6.07, 6.45) is 0. The normalized spacial score (nSPS) is 10.3. The first-order valence-corrected chi connectivity index (χ1v) is 5.07. The number of halogens is 2. The van der Waals surface area contributed by atoms with Crippen LogP contribution in [0.4, 0.5) is 8.78 Å². The molecule has 1 aromatic heterocycles. The second-order valence-corrected chi connectivity index (χ2v) is 3.47. The third-order valence-corrected chi connectivity index (χ3v) is 2.35. The number of aliphatic hydroxyl groups is 1. The predicted octanol–water partition coefficient (Wildman–Crippen LogP) is 1.09. The molecule has 0 bridgehead atoms. The van der Waals surface area contributed by atoms with Gasteiger partial charge in [0.05, 0.1) is 13.2 Å². The van der Waals surface area contributed by atoms with Gasteiger partial charge in [-0.15, -0.1) is 5.10 Å². The summed E-state index contributed by atoms with van der Waals surface area (Å²) in [5, 5.41) is 25.0. The van der Waals surface area contributed by atoms with E-state index in [1.165, 1.54) is 10.7 Å². The Bertz CT molecular complexity index is 618. The zero-order chi connectivity index (χ0) is 13.1. The van der Waals surface area contributed by atoms with Crippen molar-refractivity contribution in [3.63, 3.8) is 0 Å². The molecule has 0 unspecified atom stereocenters. The van der Waals surface area contributed by atoms with Crippen molar-refractivity contribution in [2.24, 2.45) is 0 Å². The van der Waals surface area contributed by atoms with Crippen molar-refractivity contribution >= 4 is 0 Å². The van der Waals surface area contributed by atoms with Crippen molar-refractivity contribution in [2.75, 3.05) is 6.61 Å². The van der Waals surface area contributed by atoms with Gasteiger partial charge in [-0.25, -0.2) is 13.5 Å². The van der Waals surface area contributed by atoms with E-state index in [0.29, 0.717) is 0 Å². The molecule has 0 amide bonds. The van der Waals surface area contributed by atoms with Crippen LogP contribution >= 0.6 is 0 Å². The molecule has 0 atom stereocenters. The molecule has 1 aromatic carbocycles. The standard InChI is InChI=1S/C11H8F2N4O/c12-8-2-1-7(5-9(8)13)11-10(6-14)15-16-17(11)3-4-18/h1-2,5,18H,3-4H2. The van der Waals surface area contributed by atoms with Crippen molar-refractivity contribution < 1.29 is 13.9 Å². The fourth-order valence-corrected chi connectivity index (χ4v) is 1.57. The number of hydrogen-bond acceptors (Lipinski definition) is 4. The lowest BCUT2D eigenvalue weighted by Crippen LogP contribution is -2.06. The van der Waals surface area contributed by atoms with Crippen LogP contribution < -0.4 is 0 Å². The Hall–Kier alpha value is -2.33. The summed E-state index contributed by atoms with van der Waals surface area (Å²) in [6, 6.07) is 5.06. The number of hydrogen-bond donors (Lipinski definition) is 1. The van der Waals surface area contributed by atoms with Gasteiger partial charge in [0.15, 0.2) is 17.3 Å². The lowest BCUT2D eigenvalue weighted by Gasteiger charge is -2.05. The maximum Gasteiger partial charge on any atom is 0.190 e. The maximum absolute atomic E-state index is 13.2. The lowest BCUT2D eigenvalue weighted by molar-refractivity contribution is 0.269. The van der Waals surface area contributed by atoms with Crippen molar-refractivity contribution in [1.29, 1.82) is 5.26 Å². The van der Waals surface area contributed by atoms with E-state index in [4.69, 9.17) is 10.4 Å². The van der Waals surface area contributed by atoms with Crippen LogP contribution in [0.2, 0.25) is 0 Å². The maximum atomic E-state index is 13.2. The van der Waals surface area contributed by atoms with Crippen molar-refractivity contribution in [3.8, 4) is 17.3 Å². The second-order valence-electron chi connectivity index (χ2n) is 3.47. The Morgan fingerprint density at radius 3 is 2.72 bits per heavy atom. The van der Waals surface area contributed by atoms with Gasteiger partial charge in [0.25, 0.3) is 0 Å². The highest BCUT2D eigenvalue weighted by Gasteiger charge is 2.16. The van der Waals surface area contributed by atoms with E-state index in [1.54, 1.807) is 0 Å². The minimum Gasteiger partial charge on any atom is -0.394 e. The zero-order valence-electron chi connectivity index (χ0n) is 9.14. The first-order chi connectivity index (χ1) is 8.67. The second kappa shape index (κ2) is 4.89. The van der Waals surface area contributed by atoms with Crippen LogP contribution in [0.15, 0.2) is 18.2 Å². The summed E-state index contributed by atoms with van der Waals surface area (Å²) < 4.78 is 27.3. The number of aromatic nitrogens is 3. The molecule has 1 heterocycles. The smallest absolute Gasteiger partial charge is 0.190 e. The van der Waals surface area contributed by atoms with Crippen LogP contribution in [-0.2, 0) is 6.54 Å². The minimum atomic E-state index is -1.02. The molecule has 0 aliphatic heterocycles. The Morgan fingerprint density at radius 1 is 1.33 bits per heavy atom. The van der Waals surface area contributed by atoms with Gasteiger partial charge in [-0.2, -0.15) is 5.26 Å². The van der Waals surface area contributed by atoms with Crippen LogP contribution in [0, 0.1) is 23.0 Å². The van der Waals surface area contributed by atoms with Gasteiger partial charge in [-0.1, -0.05) is 5.21 Å². The molecule has 0 aliphatic rings. The number of benzene rings is 1. The number of rotatable bonds is 3.